The first-order valence-electron chi connectivity index (χ1n) is 22.3. The molecule has 0 fully saturated rings. The van der Waals surface area contributed by atoms with Crippen LogP contribution in [0.4, 0.5) is 0 Å². The number of carbonyl (C=O) groups is 3. The molecule has 1 atom stereocenters. The van der Waals surface area contributed by atoms with Crippen LogP contribution in [0.2, 0.25) is 0 Å². The van der Waals surface area contributed by atoms with Gasteiger partial charge in [0.1, 0.15) is 18.9 Å². The molecule has 2 N–H and O–H groups in total. The number of rotatable bonds is 37. The van der Waals surface area contributed by atoms with E-state index in [4.69, 9.17) is 19.9 Å². The first-order chi connectivity index (χ1) is 27.0. The fourth-order valence-electron chi connectivity index (χ4n) is 6.34. The molecule has 0 heterocycles. The molecule has 1 rings (SSSR count). The molecule has 55 heavy (non-hydrogen) atoms. The molecule has 0 unspecified atom stereocenters. The van der Waals surface area contributed by atoms with E-state index in [2.05, 4.69) is 38.2 Å². The van der Waals surface area contributed by atoms with Crippen LogP contribution in [-0.2, 0) is 28.6 Å². The van der Waals surface area contributed by atoms with Gasteiger partial charge in [-0.1, -0.05) is 171 Å². The van der Waals surface area contributed by atoms with Crippen molar-refractivity contribution >= 4 is 24.0 Å². The Labute approximate surface area is 336 Å². The number of hydrogen-bond donors (Lipinski definition) is 1. The Morgan fingerprint density at radius 3 is 1.40 bits per heavy atom. The quantitative estimate of drug-likeness (QED) is 0.0236. The van der Waals surface area contributed by atoms with E-state index in [-0.39, 0.29) is 37.3 Å². The molecule has 0 bridgehead atoms. The summed E-state index contributed by atoms with van der Waals surface area (Å²) in [6.45, 7) is 4.09. The van der Waals surface area contributed by atoms with Gasteiger partial charge >= 0.3 is 17.9 Å². The van der Waals surface area contributed by atoms with E-state index in [1.165, 1.54) is 102 Å². The molecular weight excluding hydrogens is 687 g/mol. The third kappa shape index (κ3) is 32.6. The molecule has 1 aromatic rings. The maximum Gasteiger partial charge on any atom is 0.354 e. The summed E-state index contributed by atoms with van der Waals surface area (Å²) in [6, 6.07) is 9.23. The number of nitrogens with two attached hydrogens (primary N) is 1. The summed E-state index contributed by atoms with van der Waals surface area (Å²) in [4.78, 5) is 37.9. The summed E-state index contributed by atoms with van der Waals surface area (Å²) in [6.07, 6.45) is 41.3. The SMILES string of the molecule is CCCCCCCC/C=C\CCCCCCCC(=O)OC[C@H](COC(=O)/C(N)=C/c1ccccc1)OC(=O)CCCCCCC/C=C\CCCCCCCC. The third-order valence-electron chi connectivity index (χ3n) is 9.77. The predicted octanol–water partition coefficient (Wildman–Crippen LogP) is 13.1. The Hall–Kier alpha value is -3.35. The normalized spacial score (nSPS) is 12.4. The van der Waals surface area contributed by atoms with Crippen molar-refractivity contribution in [2.24, 2.45) is 5.73 Å². The van der Waals surface area contributed by atoms with Crippen LogP contribution in [0.15, 0.2) is 60.3 Å². The van der Waals surface area contributed by atoms with Crippen molar-refractivity contribution < 1.29 is 28.6 Å². The number of allylic oxidation sites excluding steroid dienone is 4. The Morgan fingerprint density at radius 2 is 0.927 bits per heavy atom. The van der Waals surface area contributed by atoms with Crippen molar-refractivity contribution in [2.45, 2.75) is 200 Å². The topological polar surface area (TPSA) is 105 Å². The summed E-state index contributed by atoms with van der Waals surface area (Å²) in [5, 5.41) is 0. The summed E-state index contributed by atoms with van der Waals surface area (Å²) < 4.78 is 16.5. The molecule has 0 saturated heterocycles. The van der Waals surface area contributed by atoms with Gasteiger partial charge in [-0.05, 0) is 75.8 Å². The molecule has 7 nitrogen and oxygen atoms in total. The molecule has 0 radical (unpaired) electrons. The van der Waals surface area contributed by atoms with Gasteiger partial charge in [-0.25, -0.2) is 4.79 Å². The minimum Gasteiger partial charge on any atom is -0.462 e. The molecule has 0 spiro atoms. The van der Waals surface area contributed by atoms with Crippen LogP contribution >= 0.6 is 0 Å². The molecule has 0 aromatic heterocycles. The molecule has 0 saturated carbocycles. The zero-order chi connectivity index (χ0) is 39.9. The Bertz CT molecular complexity index is 1160. The smallest absolute Gasteiger partial charge is 0.354 e. The van der Waals surface area contributed by atoms with Gasteiger partial charge in [0.15, 0.2) is 6.10 Å². The van der Waals surface area contributed by atoms with Crippen LogP contribution in [0.1, 0.15) is 199 Å². The Morgan fingerprint density at radius 1 is 0.527 bits per heavy atom. The first kappa shape index (κ1) is 49.7. The zero-order valence-corrected chi connectivity index (χ0v) is 35.1. The average molecular weight is 766 g/mol. The number of esters is 3. The first-order valence-corrected chi connectivity index (χ1v) is 22.3. The van der Waals surface area contributed by atoms with Gasteiger partial charge in [0.05, 0.1) is 0 Å². The molecule has 0 amide bonds. The van der Waals surface area contributed by atoms with E-state index in [0.29, 0.717) is 6.42 Å². The highest BCUT2D eigenvalue weighted by Gasteiger charge is 2.20. The van der Waals surface area contributed by atoms with E-state index in [9.17, 15) is 14.4 Å². The van der Waals surface area contributed by atoms with Gasteiger partial charge in [0.2, 0.25) is 0 Å². The van der Waals surface area contributed by atoms with Crippen LogP contribution in [0.25, 0.3) is 6.08 Å². The van der Waals surface area contributed by atoms with E-state index >= 15 is 0 Å². The van der Waals surface area contributed by atoms with E-state index in [1.807, 2.05) is 30.3 Å². The minimum atomic E-state index is -0.901. The van der Waals surface area contributed by atoms with Gasteiger partial charge in [0.25, 0.3) is 0 Å². The lowest BCUT2D eigenvalue weighted by Crippen LogP contribution is -2.31. The number of benzene rings is 1. The lowest BCUT2D eigenvalue weighted by atomic mass is 10.1. The maximum absolute atomic E-state index is 12.7. The fraction of sp³-hybridized carbons (Fsp3) is 0.688. The largest absolute Gasteiger partial charge is 0.462 e. The molecule has 0 aliphatic rings. The number of hydrogen-bond acceptors (Lipinski definition) is 7. The standard InChI is InChI=1S/C48H79NO6/c1-3-5-7-9-11-13-15-17-19-21-23-25-27-29-34-38-46(50)53-41-44(42-54-48(52)45(49)40-43-36-32-31-33-37-43)55-47(51)39-35-30-28-26-24-22-20-18-16-14-12-10-8-6-4-2/h17-20,31-33,36-37,40,44H,3-16,21-30,34-35,38-39,41-42,49H2,1-2H3/b19-17-,20-18-,45-40-/t44-/m1/s1. The summed E-state index contributed by atoms with van der Waals surface area (Å²) in [5.74, 6) is -1.45. The van der Waals surface area contributed by atoms with E-state index in [0.717, 1.165) is 76.2 Å². The molecule has 7 heteroatoms. The van der Waals surface area contributed by atoms with Crippen molar-refractivity contribution in [3.63, 3.8) is 0 Å². The van der Waals surface area contributed by atoms with Gasteiger partial charge in [-0.2, -0.15) is 0 Å². The van der Waals surface area contributed by atoms with Crippen LogP contribution < -0.4 is 5.73 Å². The average Bonchev–Trinajstić information content (AvgIpc) is 3.19. The van der Waals surface area contributed by atoms with Crippen LogP contribution in [-0.4, -0.2) is 37.2 Å². The lowest BCUT2D eigenvalue weighted by molar-refractivity contribution is -0.165. The number of carbonyl (C=O) groups excluding carboxylic acids is 3. The van der Waals surface area contributed by atoms with Crippen molar-refractivity contribution in [3.05, 3.63) is 65.9 Å². The highest BCUT2D eigenvalue weighted by Crippen LogP contribution is 2.13. The van der Waals surface area contributed by atoms with E-state index in [1.54, 1.807) is 0 Å². The zero-order valence-electron chi connectivity index (χ0n) is 35.1. The summed E-state index contributed by atoms with van der Waals surface area (Å²) in [5.41, 5.74) is 6.67. The Kier molecular flexibility index (Phi) is 33.9. The Balaban J connectivity index is 2.33. The molecule has 0 aliphatic carbocycles. The molecule has 312 valence electrons. The van der Waals surface area contributed by atoms with Gasteiger partial charge in [-0.3, -0.25) is 9.59 Å². The second kappa shape index (κ2) is 37.6. The lowest BCUT2D eigenvalue weighted by Gasteiger charge is -2.18. The fourth-order valence-corrected chi connectivity index (χ4v) is 6.34. The van der Waals surface area contributed by atoms with Crippen molar-refractivity contribution in [2.75, 3.05) is 13.2 Å². The highest BCUT2D eigenvalue weighted by atomic mass is 16.6. The van der Waals surface area contributed by atoms with Crippen molar-refractivity contribution in [1.29, 1.82) is 0 Å². The van der Waals surface area contributed by atoms with Crippen LogP contribution in [0, 0.1) is 0 Å². The molecule has 0 aliphatic heterocycles. The third-order valence-corrected chi connectivity index (χ3v) is 9.77. The molecular formula is C48H79NO6. The summed E-state index contributed by atoms with van der Waals surface area (Å²) in [7, 11) is 0. The monoisotopic (exact) mass is 766 g/mol. The van der Waals surface area contributed by atoms with E-state index < -0.39 is 12.1 Å². The van der Waals surface area contributed by atoms with Gasteiger partial charge in [-0.15, -0.1) is 0 Å². The van der Waals surface area contributed by atoms with Crippen LogP contribution in [0.3, 0.4) is 0 Å². The number of ether oxygens (including phenoxy) is 3. The predicted molar refractivity (Wildman–Crippen MR) is 229 cm³/mol. The van der Waals surface area contributed by atoms with Crippen LogP contribution in [0.5, 0.6) is 0 Å². The van der Waals surface area contributed by atoms with Gasteiger partial charge in [0, 0.05) is 12.8 Å². The summed E-state index contributed by atoms with van der Waals surface area (Å²) >= 11 is 0. The second-order valence-electron chi connectivity index (χ2n) is 15.1. The van der Waals surface area contributed by atoms with Crippen molar-refractivity contribution in [1.82, 2.24) is 0 Å². The van der Waals surface area contributed by atoms with Crippen molar-refractivity contribution in [3.8, 4) is 0 Å². The minimum absolute atomic E-state index is 0.0641. The highest BCUT2D eigenvalue weighted by molar-refractivity contribution is 5.92. The molecule has 1 aromatic carbocycles. The number of unbranched alkanes of at least 4 members (excludes halogenated alkanes) is 22. The van der Waals surface area contributed by atoms with Gasteiger partial charge < -0.3 is 19.9 Å². The maximum atomic E-state index is 12.7. The second-order valence-corrected chi connectivity index (χ2v) is 15.1.